The quantitative estimate of drug-likeness (QED) is 0.756. The summed E-state index contributed by atoms with van der Waals surface area (Å²) in [6.45, 7) is 9.51. The molecule has 1 aliphatic heterocycles. The van der Waals surface area contributed by atoms with Crippen LogP contribution in [0, 0.1) is 0 Å². The predicted molar refractivity (Wildman–Crippen MR) is 84.8 cm³/mol. The zero-order valence-corrected chi connectivity index (χ0v) is 14.3. The number of nitrogens with zero attached hydrogens (tertiary/aromatic N) is 3. The predicted octanol–water partition coefficient (Wildman–Crippen LogP) is 1.89. The van der Waals surface area contributed by atoms with E-state index in [0.29, 0.717) is 29.2 Å². The monoisotopic (exact) mass is 358 g/mol. The molecule has 0 atom stereocenters. The van der Waals surface area contributed by atoms with Gasteiger partial charge in [0.05, 0.1) is 6.61 Å². The summed E-state index contributed by atoms with van der Waals surface area (Å²) in [7, 11) is 0. The zero-order valence-electron chi connectivity index (χ0n) is 12.7. The van der Waals surface area contributed by atoms with Crippen LogP contribution in [0.2, 0.25) is 0 Å². The Hall–Kier alpha value is -1.08. The Morgan fingerprint density at radius 3 is 2.90 bits per heavy atom. The SMILES string of the molecule is CCN(CC)CCCNC(=O)c1nn2c(c1Br)OCCC2. The fourth-order valence-corrected chi connectivity index (χ4v) is 2.95. The number of carbonyl (C=O) groups excluding carboxylic acids is 1. The molecule has 0 fully saturated rings. The van der Waals surface area contributed by atoms with Crippen LogP contribution in [-0.4, -0.2) is 53.4 Å². The van der Waals surface area contributed by atoms with Crippen molar-refractivity contribution in [3.63, 3.8) is 0 Å². The molecule has 6 nitrogen and oxygen atoms in total. The molecule has 118 valence electrons. The molecule has 21 heavy (non-hydrogen) atoms. The molecule has 2 heterocycles. The topological polar surface area (TPSA) is 59.4 Å². The molecule has 1 aromatic rings. The molecular formula is C14H23BrN4O2. The maximum atomic E-state index is 12.2. The second-order valence-corrected chi connectivity index (χ2v) is 5.82. The number of hydrogen-bond donors (Lipinski definition) is 1. The minimum atomic E-state index is -0.146. The van der Waals surface area contributed by atoms with Crippen molar-refractivity contribution >= 4 is 21.8 Å². The third-order valence-corrected chi connectivity index (χ3v) is 4.36. The van der Waals surface area contributed by atoms with Crippen molar-refractivity contribution in [2.45, 2.75) is 33.2 Å². The van der Waals surface area contributed by atoms with Gasteiger partial charge in [-0.25, -0.2) is 4.68 Å². The third-order valence-electron chi connectivity index (χ3n) is 3.65. The first-order chi connectivity index (χ1) is 10.2. The first-order valence-electron chi connectivity index (χ1n) is 7.57. The highest BCUT2D eigenvalue weighted by Gasteiger charge is 2.24. The van der Waals surface area contributed by atoms with Crippen molar-refractivity contribution in [3.8, 4) is 5.88 Å². The van der Waals surface area contributed by atoms with Gasteiger partial charge in [-0.3, -0.25) is 4.79 Å². The number of halogens is 1. The average molecular weight is 359 g/mol. The number of fused-ring (bicyclic) bond motifs is 1. The lowest BCUT2D eigenvalue weighted by atomic mass is 10.3. The van der Waals surface area contributed by atoms with E-state index in [2.05, 4.69) is 45.1 Å². The van der Waals surface area contributed by atoms with Crippen LogP contribution >= 0.6 is 15.9 Å². The smallest absolute Gasteiger partial charge is 0.273 e. The van der Waals surface area contributed by atoms with Gasteiger partial charge in [-0.2, -0.15) is 5.10 Å². The number of nitrogens with one attached hydrogen (secondary N) is 1. The summed E-state index contributed by atoms with van der Waals surface area (Å²) in [5, 5.41) is 7.24. The van der Waals surface area contributed by atoms with Crippen LogP contribution in [0.4, 0.5) is 0 Å². The van der Waals surface area contributed by atoms with Gasteiger partial charge < -0.3 is 15.0 Å². The molecule has 0 aromatic carbocycles. The normalized spacial score (nSPS) is 13.9. The van der Waals surface area contributed by atoms with Crippen LogP contribution in [0.25, 0.3) is 0 Å². The fourth-order valence-electron chi connectivity index (χ4n) is 2.37. The van der Waals surface area contributed by atoms with E-state index in [4.69, 9.17) is 4.74 Å². The summed E-state index contributed by atoms with van der Waals surface area (Å²) >= 11 is 3.41. The highest BCUT2D eigenvalue weighted by Crippen LogP contribution is 2.31. The van der Waals surface area contributed by atoms with Gasteiger partial charge in [0.25, 0.3) is 5.91 Å². The molecule has 0 saturated heterocycles. The van der Waals surface area contributed by atoms with E-state index in [0.717, 1.165) is 39.0 Å². The number of rotatable bonds is 7. The molecular weight excluding hydrogens is 336 g/mol. The average Bonchev–Trinajstić information content (AvgIpc) is 2.85. The van der Waals surface area contributed by atoms with Gasteiger partial charge in [-0.1, -0.05) is 13.8 Å². The third kappa shape index (κ3) is 3.97. The lowest BCUT2D eigenvalue weighted by molar-refractivity contribution is 0.0945. The van der Waals surface area contributed by atoms with Crippen LogP contribution in [0.3, 0.4) is 0 Å². The second-order valence-electron chi connectivity index (χ2n) is 5.03. The molecule has 1 N–H and O–H groups in total. The Kier molecular flexibility index (Phi) is 6.05. The first kappa shape index (κ1) is 16.3. The van der Waals surface area contributed by atoms with Crippen molar-refractivity contribution in [1.29, 1.82) is 0 Å². The maximum absolute atomic E-state index is 12.2. The second kappa shape index (κ2) is 7.79. The lowest BCUT2D eigenvalue weighted by Gasteiger charge is -2.17. The van der Waals surface area contributed by atoms with E-state index in [1.807, 2.05) is 0 Å². The summed E-state index contributed by atoms with van der Waals surface area (Å²) in [5.74, 6) is 0.515. The number of hydrogen-bond acceptors (Lipinski definition) is 4. The molecule has 0 radical (unpaired) electrons. The molecule has 0 saturated carbocycles. The fraction of sp³-hybridized carbons (Fsp3) is 0.714. The van der Waals surface area contributed by atoms with Gasteiger partial charge >= 0.3 is 0 Å². The number of aryl methyl sites for hydroxylation is 1. The Balaban J connectivity index is 1.85. The zero-order chi connectivity index (χ0) is 15.2. The van der Waals surface area contributed by atoms with Crippen LogP contribution in [0.1, 0.15) is 37.2 Å². The number of carbonyl (C=O) groups is 1. The van der Waals surface area contributed by atoms with Crippen molar-refractivity contribution < 1.29 is 9.53 Å². The summed E-state index contributed by atoms with van der Waals surface area (Å²) in [6.07, 6.45) is 1.86. The van der Waals surface area contributed by atoms with Crippen molar-refractivity contribution in [2.75, 3.05) is 32.8 Å². The summed E-state index contributed by atoms with van der Waals surface area (Å²) in [4.78, 5) is 14.5. The largest absolute Gasteiger partial charge is 0.477 e. The van der Waals surface area contributed by atoms with Crippen molar-refractivity contribution in [1.82, 2.24) is 20.0 Å². The first-order valence-corrected chi connectivity index (χ1v) is 8.36. The van der Waals surface area contributed by atoms with E-state index in [1.165, 1.54) is 0 Å². The van der Waals surface area contributed by atoms with Gasteiger partial charge in [0.2, 0.25) is 5.88 Å². The molecule has 0 spiro atoms. The Morgan fingerprint density at radius 2 is 2.24 bits per heavy atom. The highest BCUT2D eigenvalue weighted by molar-refractivity contribution is 9.10. The van der Waals surface area contributed by atoms with Crippen molar-refractivity contribution in [2.24, 2.45) is 0 Å². The lowest BCUT2D eigenvalue weighted by Crippen LogP contribution is -2.30. The minimum Gasteiger partial charge on any atom is -0.477 e. The van der Waals surface area contributed by atoms with Crippen LogP contribution in [0.15, 0.2) is 4.47 Å². The van der Waals surface area contributed by atoms with E-state index >= 15 is 0 Å². The van der Waals surface area contributed by atoms with Gasteiger partial charge in [0.1, 0.15) is 4.47 Å². The Bertz CT molecular complexity index is 486. The van der Waals surface area contributed by atoms with Crippen LogP contribution < -0.4 is 10.1 Å². The summed E-state index contributed by atoms with van der Waals surface area (Å²) < 4.78 is 7.94. The molecule has 1 aliphatic rings. The molecule has 2 rings (SSSR count). The van der Waals surface area contributed by atoms with Gasteiger partial charge in [-0.05, 0) is 42.0 Å². The number of amides is 1. The van der Waals surface area contributed by atoms with Crippen LogP contribution in [0.5, 0.6) is 5.88 Å². The Morgan fingerprint density at radius 1 is 1.48 bits per heavy atom. The molecule has 1 aromatic heterocycles. The maximum Gasteiger partial charge on any atom is 0.273 e. The minimum absolute atomic E-state index is 0.146. The van der Waals surface area contributed by atoms with Crippen molar-refractivity contribution in [3.05, 3.63) is 10.2 Å². The van der Waals surface area contributed by atoms with Gasteiger partial charge in [0.15, 0.2) is 5.69 Å². The van der Waals surface area contributed by atoms with Gasteiger partial charge in [0, 0.05) is 19.5 Å². The van der Waals surface area contributed by atoms with E-state index in [-0.39, 0.29) is 5.91 Å². The summed E-state index contributed by atoms with van der Waals surface area (Å²) in [6, 6.07) is 0. The molecule has 7 heteroatoms. The Labute approximate surface area is 133 Å². The molecule has 0 unspecified atom stereocenters. The standard InChI is InChI=1S/C14H23BrN4O2/c1-3-18(4-2)8-5-7-16-13(20)12-11(15)14-19(17-12)9-6-10-21-14/h3-10H2,1-2H3,(H,16,20). The summed E-state index contributed by atoms with van der Waals surface area (Å²) in [5.41, 5.74) is 0.412. The number of ether oxygens (including phenoxy) is 1. The molecule has 1 amide bonds. The van der Waals surface area contributed by atoms with Gasteiger partial charge in [-0.15, -0.1) is 0 Å². The highest BCUT2D eigenvalue weighted by atomic mass is 79.9. The molecule has 0 aliphatic carbocycles. The molecule has 0 bridgehead atoms. The van der Waals surface area contributed by atoms with E-state index in [9.17, 15) is 4.79 Å². The van der Waals surface area contributed by atoms with E-state index in [1.54, 1.807) is 4.68 Å². The van der Waals surface area contributed by atoms with Crippen LogP contribution in [-0.2, 0) is 6.54 Å². The number of aromatic nitrogens is 2. The van der Waals surface area contributed by atoms with E-state index < -0.39 is 0 Å².